The summed E-state index contributed by atoms with van der Waals surface area (Å²) in [6, 6.07) is 15.8. The quantitative estimate of drug-likeness (QED) is 0.602. The third-order valence-electron chi connectivity index (χ3n) is 5.88. The summed E-state index contributed by atoms with van der Waals surface area (Å²) in [7, 11) is -3.77. The van der Waals surface area contributed by atoms with Gasteiger partial charge >= 0.3 is 0 Å². The average molecular weight is 464 g/mol. The zero-order valence-electron chi connectivity index (χ0n) is 18.1. The van der Waals surface area contributed by atoms with Crippen molar-refractivity contribution in [3.05, 3.63) is 60.2 Å². The third-order valence-corrected chi connectivity index (χ3v) is 7.26. The molecule has 1 aromatic heterocycles. The van der Waals surface area contributed by atoms with Crippen LogP contribution in [0.25, 0.3) is 10.9 Å². The fourth-order valence-corrected chi connectivity index (χ4v) is 5.35. The highest BCUT2D eigenvalue weighted by atomic mass is 32.2. The molecular weight excluding hydrogens is 438 g/mol. The Kier molecular flexibility index (Phi) is 5.72. The number of aliphatic imine (C=N–C) groups is 1. The van der Waals surface area contributed by atoms with Gasteiger partial charge in [-0.25, -0.2) is 13.4 Å². The Bertz CT molecular complexity index is 1350. The predicted octanol–water partition coefficient (Wildman–Crippen LogP) is 3.56. The van der Waals surface area contributed by atoms with Crippen LogP contribution >= 0.6 is 0 Å². The molecule has 0 unspecified atom stereocenters. The van der Waals surface area contributed by atoms with Gasteiger partial charge in [-0.3, -0.25) is 14.5 Å². The zero-order valence-corrected chi connectivity index (χ0v) is 18.9. The summed E-state index contributed by atoms with van der Waals surface area (Å²) < 4.78 is 28.0. The number of amidine groups is 1. The van der Waals surface area contributed by atoms with Crippen molar-refractivity contribution >= 4 is 44.2 Å². The lowest BCUT2D eigenvalue weighted by Crippen LogP contribution is -2.29. The molecule has 1 amide bonds. The minimum Gasteiger partial charge on any atom is -0.356 e. The molecule has 0 saturated carbocycles. The molecule has 33 heavy (non-hydrogen) atoms. The molecule has 8 nitrogen and oxygen atoms in total. The summed E-state index contributed by atoms with van der Waals surface area (Å²) in [4.78, 5) is 24.5. The van der Waals surface area contributed by atoms with Crippen molar-refractivity contribution in [2.24, 2.45) is 4.99 Å². The maximum atomic E-state index is 13.3. The van der Waals surface area contributed by atoms with Crippen LogP contribution in [0.5, 0.6) is 0 Å². The molecule has 5 rings (SSSR count). The molecule has 170 valence electrons. The smallest absolute Gasteiger partial charge is 0.262 e. The number of anilines is 2. The highest BCUT2D eigenvalue weighted by Crippen LogP contribution is 2.28. The molecule has 1 fully saturated rings. The van der Waals surface area contributed by atoms with Crippen LogP contribution in [-0.2, 0) is 10.0 Å². The molecule has 2 N–H and O–H groups in total. The number of benzene rings is 2. The lowest BCUT2D eigenvalue weighted by molar-refractivity contribution is 0.102. The second kappa shape index (κ2) is 8.82. The number of fused-ring (bicyclic) bond motifs is 1. The van der Waals surface area contributed by atoms with Gasteiger partial charge in [-0.1, -0.05) is 24.3 Å². The Morgan fingerprint density at radius 3 is 2.58 bits per heavy atom. The summed E-state index contributed by atoms with van der Waals surface area (Å²) in [5, 5.41) is 3.74. The van der Waals surface area contributed by atoms with E-state index in [0.717, 1.165) is 43.3 Å². The van der Waals surface area contributed by atoms with Crippen LogP contribution in [0.4, 0.5) is 11.5 Å². The van der Waals surface area contributed by atoms with Crippen molar-refractivity contribution in [2.75, 3.05) is 29.9 Å². The van der Waals surface area contributed by atoms with Crippen molar-refractivity contribution in [3.63, 3.8) is 0 Å². The van der Waals surface area contributed by atoms with Crippen LogP contribution < -0.4 is 14.9 Å². The molecule has 3 heterocycles. The minimum atomic E-state index is -3.77. The molecule has 2 aliphatic heterocycles. The monoisotopic (exact) mass is 463 g/mol. The van der Waals surface area contributed by atoms with Gasteiger partial charge in [0, 0.05) is 37.1 Å². The Labute approximate surface area is 192 Å². The van der Waals surface area contributed by atoms with E-state index in [9.17, 15) is 13.2 Å². The lowest BCUT2D eigenvalue weighted by atomic mass is 10.1. The second-order valence-electron chi connectivity index (χ2n) is 8.27. The van der Waals surface area contributed by atoms with E-state index < -0.39 is 10.0 Å². The fraction of sp³-hybridized carbons (Fsp3) is 0.292. The van der Waals surface area contributed by atoms with Gasteiger partial charge in [0.25, 0.3) is 15.9 Å². The highest BCUT2D eigenvalue weighted by molar-refractivity contribution is 7.90. The number of carbonyl (C=O) groups excluding carboxylic acids is 1. The number of hydrogen-bond donors (Lipinski definition) is 2. The van der Waals surface area contributed by atoms with E-state index in [1.165, 1.54) is 12.1 Å². The van der Waals surface area contributed by atoms with Crippen molar-refractivity contribution in [3.8, 4) is 0 Å². The van der Waals surface area contributed by atoms with Crippen LogP contribution in [0, 0.1) is 0 Å². The Morgan fingerprint density at radius 2 is 1.79 bits per heavy atom. The Hall–Kier alpha value is -3.46. The number of sulfonamides is 1. The second-order valence-corrected chi connectivity index (χ2v) is 9.95. The number of carbonyl (C=O) groups is 1. The summed E-state index contributed by atoms with van der Waals surface area (Å²) in [6.07, 6.45) is 3.58. The molecule has 0 atom stereocenters. The number of pyridine rings is 1. The van der Waals surface area contributed by atoms with Gasteiger partial charge in [-0.15, -0.1) is 0 Å². The number of hydrogen-bond acceptors (Lipinski definition) is 6. The Balaban J connectivity index is 1.44. The van der Waals surface area contributed by atoms with E-state index >= 15 is 0 Å². The van der Waals surface area contributed by atoms with Gasteiger partial charge in [0.2, 0.25) is 0 Å². The highest BCUT2D eigenvalue weighted by Gasteiger charge is 2.23. The van der Waals surface area contributed by atoms with E-state index in [2.05, 4.69) is 19.9 Å². The van der Waals surface area contributed by atoms with Crippen LogP contribution in [0.15, 0.2) is 64.5 Å². The first-order valence-corrected chi connectivity index (χ1v) is 12.6. The topological polar surface area (TPSA) is 104 Å². The number of aromatic nitrogens is 1. The maximum Gasteiger partial charge on any atom is 0.262 e. The minimum absolute atomic E-state index is 0.0753. The molecule has 2 aromatic carbocycles. The van der Waals surface area contributed by atoms with Crippen molar-refractivity contribution in [1.82, 2.24) is 9.71 Å². The average Bonchev–Trinajstić information content (AvgIpc) is 3.53. The van der Waals surface area contributed by atoms with Gasteiger partial charge in [-0.2, -0.15) is 0 Å². The largest absolute Gasteiger partial charge is 0.356 e. The van der Waals surface area contributed by atoms with Crippen molar-refractivity contribution in [2.45, 2.75) is 30.6 Å². The van der Waals surface area contributed by atoms with E-state index in [0.29, 0.717) is 35.9 Å². The number of amides is 1. The first-order valence-electron chi connectivity index (χ1n) is 11.1. The number of para-hydroxylation sites is 1. The van der Waals surface area contributed by atoms with Crippen LogP contribution in [0.2, 0.25) is 0 Å². The van der Waals surface area contributed by atoms with Gasteiger partial charge < -0.3 is 10.2 Å². The first-order chi connectivity index (χ1) is 16.0. The Morgan fingerprint density at radius 1 is 0.970 bits per heavy atom. The number of rotatable bonds is 5. The van der Waals surface area contributed by atoms with Crippen molar-refractivity contribution in [1.29, 1.82) is 0 Å². The standard InChI is InChI=1S/C24H25N5O3S/c30-24(20-15-17-7-1-2-10-21(17)27-23(20)29-13-3-4-14-29)26-18-8-5-9-19(16-18)33(31,32)28-22-11-6-12-25-22/h1-2,5,7-10,15-16H,3-4,6,11-14H2,(H,25,28)(H,26,30). The third kappa shape index (κ3) is 4.54. The summed E-state index contributed by atoms with van der Waals surface area (Å²) in [5.74, 6) is 0.813. The van der Waals surface area contributed by atoms with Gasteiger partial charge in [0.15, 0.2) is 0 Å². The van der Waals surface area contributed by atoms with Crippen LogP contribution in [0.3, 0.4) is 0 Å². The molecule has 9 heteroatoms. The fourth-order valence-electron chi connectivity index (χ4n) is 4.22. The SMILES string of the molecule is O=C(Nc1cccc(S(=O)(=O)NC2=NCCC2)c1)c1cc2ccccc2nc1N1CCCC1. The van der Waals surface area contributed by atoms with Crippen LogP contribution in [-0.4, -0.2) is 44.8 Å². The van der Waals surface area contributed by atoms with Crippen molar-refractivity contribution < 1.29 is 13.2 Å². The summed E-state index contributed by atoms with van der Waals surface area (Å²) in [6.45, 7) is 2.34. The molecule has 2 aliphatic rings. The lowest BCUT2D eigenvalue weighted by Gasteiger charge is -2.20. The first kappa shape index (κ1) is 21.4. The van der Waals surface area contributed by atoms with Gasteiger partial charge in [-0.05, 0) is 49.6 Å². The summed E-state index contributed by atoms with van der Waals surface area (Å²) >= 11 is 0. The molecule has 1 saturated heterocycles. The molecular formula is C24H25N5O3S. The molecule has 0 bridgehead atoms. The van der Waals surface area contributed by atoms with E-state index in [1.807, 2.05) is 30.3 Å². The zero-order chi connectivity index (χ0) is 22.8. The normalized spacial score (nSPS) is 16.1. The number of nitrogens with zero attached hydrogens (tertiary/aromatic N) is 3. The van der Waals surface area contributed by atoms with Crippen LogP contribution in [0.1, 0.15) is 36.0 Å². The number of nitrogens with one attached hydrogen (secondary N) is 2. The van der Waals surface area contributed by atoms with E-state index in [1.54, 1.807) is 12.1 Å². The maximum absolute atomic E-state index is 13.3. The molecule has 3 aromatic rings. The molecule has 0 spiro atoms. The van der Waals surface area contributed by atoms with Gasteiger partial charge in [0.05, 0.1) is 16.0 Å². The van der Waals surface area contributed by atoms with E-state index in [4.69, 9.17) is 4.98 Å². The predicted molar refractivity (Wildman–Crippen MR) is 129 cm³/mol. The molecule has 0 radical (unpaired) electrons. The van der Waals surface area contributed by atoms with E-state index in [-0.39, 0.29) is 10.8 Å². The van der Waals surface area contributed by atoms with Gasteiger partial charge in [0.1, 0.15) is 11.7 Å². The molecule has 0 aliphatic carbocycles. The summed E-state index contributed by atoms with van der Waals surface area (Å²) in [5.41, 5.74) is 1.71.